The molecule has 2 N–H and O–H groups in total. The van der Waals surface area contributed by atoms with E-state index in [4.69, 9.17) is 0 Å². The van der Waals surface area contributed by atoms with E-state index in [-0.39, 0.29) is 11.4 Å². The van der Waals surface area contributed by atoms with Crippen LogP contribution >= 0.6 is 0 Å². The van der Waals surface area contributed by atoms with Crippen LogP contribution in [0.1, 0.15) is 24.2 Å². The molecule has 18 heavy (non-hydrogen) atoms. The molecule has 0 aromatic carbocycles. The van der Waals surface area contributed by atoms with Crippen LogP contribution in [0.5, 0.6) is 0 Å². The lowest BCUT2D eigenvalue weighted by molar-refractivity contribution is 0.0920. The summed E-state index contributed by atoms with van der Waals surface area (Å²) in [5.41, 5.74) is 1.27. The van der Waals surface area contributed by atoms with E-state index in [0.717, 1.165) is 5.69 Å². The predicted molar refractivity (Wildman–Crippen MR) is 73.9 cm³/mol. The molecular weight excluding hydrogens is 228 g/mol. The zero-order chi connectivity index (χ0) is 13.8. The zero-order valence-electron chi connectivity index (χ0n) is 11.7. The van der Waals surface area contributed by atoms with E-state index < -0.39 is 0 Å². The number of hydrogen-bond donors (Lipinski definition) is 2. The van der Waals surface area contributed by atoms with Gasteiger partial charge in [-0.3, -0.25) is 9.78 Å². The van der Waals surface area contributed by atoms with Gasteiger partial charge < -0.3 is 15.5 Å². The lowest BCUT2D eigenvalue weighted by atomic mass is 10.0. The second-order valence-corrected chi connectivity index (χ2v) is 5.06. The fourth-order valence-electron chi connectivity index (χ4n) is 1.34. The summed E-state index contributed by atoms with van der Waals surface area (Å²) in [6, 6.07) is 1.71. The summed E-state index contributed by atoms with van der Waals surface area (Å²) < 4.78 is 0. The summed E-state index contributed by atoms with van der Waals surface area (Å²) in [5.74, 6) is -0.0864. The first-order chi connectivity index (χ1) is 8.38. The Kier molecular flexibility index (Phi) is 4.67. The molecular formula is C13H22N4O. The van der Waals surface area contributed by atoms with Crippen LogP contribution in [-0.4, -0.2) is 49.0 Å². The number of carbonyl (C=O) groups excluding carboxylic acids is 1. The van der Waals surface area contributed by atoms with Crippen LogP contribution in [-0.2, 0) is 0 Å². The molecule has 100 valence electrons. The Morgan fingerprint density at radius 2 is 2.11 bits per heavy atom. The highest BCUT2D eigenvalue weighted by Crippen LogP contribution is 2.13. The Balaban J connectivity index is 2.72. The van der Waals surface area contributed by atoms with Crippen molar-refractivity contribution >= 4 is 11.6 Å². The normalized spacial score (nSPS) is 11.4. The average Bonchev–Trinajstić information content (AvgIpc) is 2.35. The van der Waals surface area contributed by atoms with Gasteiger partial charge in [-0.15, -0.1) is 0 Å². The minimum atomic E-state index is -0.0864. The maximum Gasteiger partial charge on any atom is 0.253 e. The summed E-state index contributed by atoms with van der Waals surface area (Å²) >= 11 is 0. The Hall–Kier alpha value is -1.62. The zero-order valence-corrected chi connectivity index (χ0v) is 11.7. The van der Waals surface area contributed by atoms with Gasteiger partial charge in [0.25, 0.3) is 5.91 Å². The minimum absolute atomic E-state index is 0.0809. The predicted octanol–water partition coefficient (Wildman–Crippen LogP) is 1.19. The molecule has 1 heterocycles. The molecule has 0 radical (unpaired) electrons. The average molecular weight is 250 g/mol. The van der Waals surface area contributed by atoms with Gasteiger partial charge in [-0.1, -0.05) is 0 Å². The van der Waals surface area contributed by atoms with E-state index in [2.05, 4.69) is 34.4 Å². The second kappa shape index (κ2) is 5.82. The van der Waals surface area contributed by atoms with Crippen molar-refractivity contribution in [1.82, 2.24) is 15.2 Å². The van der Waals surface area contributed by atoms with Gasteiger partial charge in [-0.05, 0) is 34.0 Å². The van der Waals surface area contributed by atoms with Gasteiger partial charge in [-0.25, -0.2) is 0 Å². The van der Waals surface area contributed by atoms with Gasteiger partial charge >= 0.3 is 0 Å². The number of aromatic nitrogens is 1. The topological polar surface area (TPSA) is 57.3 Å². The summed E-state index contributed by atoms with van der Waals surface area (Å²) in [5, 5.41) is 5.91. The standard InChI is InChI=1S/C13H22N4O/c1-13(2,17(4)5)9-16-12(18)10-6-7-15-8-11(10)14-3/h6-8,14H,9H2,1-5H3,(H,16,18). The second-order valence-electron chi connectivity index (χ2n) is 5.06. The van der Waals surface area contributed by atoms with E-state index in [1.54, 1.807) is 25.5 Å². The molecule has 0 aliphatic heterocycles. The molecule has 0 saturated heterocycles. The lowest BCUT2D eigenvalue weighted by Gasteiger charge is -2.32. The molecule has 0 spiro atoms. The van der Waals surface area contributed by atoms with Crippen LogP contribution in [0.2, 0.25) is 0 Å². The molecule has 1 amide bonds. The highest BCUT2D eigenvalue weighted by Gasteiger charge is 2.21. The van der Waals surface area contributed by atoms with Crippen LogP contribution in [0.4, 0.5) is 5.69 Å². The van der Waals surface area contributed by atoms with Gasteiger partial charge in [0, 0.05) is 25.3 Å². The number of rotatable bonds is 5. The molecule has 5 heteroatoms. The summed E-state index contributed by atoms with van der Waals surface area (Å²) in [6.45, 7) is 4.75. The molecule has 5 nitrogen and oxygen atoms in total. The molecule has 0 aliphatic rings. The maximum absolute atomic E-state index is 12.1. The number of likely N-dealkylation sites (N-methyl/N-ethyl adjacent to an activating group) is 1. The molecule has 1 aromatic heterocycles. The molecule has 0 aliphatic carbocycles. The van der Waals surface area contributed by atoms with Gasteiger partial charge in [0.1, 0.15) is 0 Å². The fourth-order valence-corrected chi connectivity index (χ4v) is 1.34. The molecule has 1 rings (SSSR count). The van der Waals surface area contributed by atoms with Crippen molar-refractivity contribution in [2.75, 3.05) is 33.0 Å². The third kappa shape index (κ3) is 3.43. The van der Waals surface area contributed by atoms with E-state index in [9.17, 15) is 4.79 Å². The Bertz CT molecular complexity index is 415. The van der Waals surface area contributed by atoms with Gasteiger partial charge in [-0.2, -0.15) is 0 Å². The van der Waals surface area contributed by atoms with Crippen molar-refractivity contribution in [2.45, 2.75) is 19.4 Å². The van der Waals surface area contributed by atoms with Crippen molar-refractivity contribution in [1.29, 1.82) is 0 Å². The van der Waals surface area contributed by atoms with Crippen LogP contribution < -0.4 is 10.6 Å². The summed E-state index contributed by atoms with van der Waals surface area (Å²) in [6.07, 6.45) is 3.26. The van der Waals surface area contributed by atoms with Crippen LogP contribution in [0.25, 0.3) is 0 Å². The Morgan fingerprint density at radius 1 is 1.44 bits per heavy atom. The number of anilines is 1. The van der Waals surface area contributed by atoms with Crippen molar-refractivity contribution < 1.29 is 4.79 Å². The smallest absolute Gasteiger partial charge is 0.253 e. The highest BCUT2D eigenvalue weighted by atomic mass is 16.1. The van der Waals surface area contributed by atoms with E-state index in [1.807, 2.05) is 14.1 Å². The molecule has 0 atom stereocenters. The number of carbonyl (C=O) groups is 1. The number of nitrogens with one attached hydrogen (secondary N) is 2. The molecule has 0 bridgehead atoms. The van der Waals surface area contributed by atoms with Crippen molar-refractivity contribution in [3.05, 3.63) is 24.0 Å². The molecule has 0 saturated carbocycles. The van der Waals surface area contributed by atoms with Gasteiger partial charge in [0.2, 0.25) is 0 Å². The Labute approximate surface area is 109 Å². The SMILES string of the molecule is CNc1cnccc1C(=O)NCC(C)(C)N(C)C. The maximum atomic E-state index is 12.1. The van der Waals surface area contributed by atoms with E-state index >= 15 is 0 Å². The highest BCUT2D eigenvalue weighted by molar-refractivity contribution is 5.99. The van der Waals surface area contributed by atoms with Gasteiger partial charge in [0.05, 0.1) is 17.4 Å². The lowest BCUT2D eigenvalue weighted by Crippen LogP contribution is -2.48. The molecule has 1 aromatic rings. The van der Waals surface area contributed by atoms with Crippen molar-refractivity contribution in [3.63, 3.8) is 0 Å². The number of hydrogen-bond acceptors (Lipinski definition) is 4. The fraction of sp³-hybridized carbons (Fsp3) is 0.538. The number of amides is 1. The summed E-state index contributed by atoms with van der Waals surface area (Å²) in [4.78, 5) is 18.2. The number of pyridine rings is 1. The summed E-state index contributed by atoms with van der Waals surface area (Å²) in [7, 11) is 5.77. The quantitative estimate of drug-likeness (QED) is 0.824. The van der Waals surface area contributed by atoms with E-state index in [1.165, 1.54) is 0 Å². The first-order valence-electron chi connectivity index (χ1n) is 5.96. The van der Waals surface area contributed by atoms with E-state index in [0.29, 0.717) is 12.1 Å². The van der Waals surface area contributed by atoms with Crippen molar-refractivity contribution in [3.8, 4) is 0 Å². The van der Waals surface area contributed by atoms with Gasteiger partial charge in [0.15, 0.2) is 0 Å². The largest absolute Gasteiger partial charge is 0.386 e. The number of nitrogens with zero attached hydrogens (tertiary/aromatic N) is 2. The van der Waals surface area contributed by atoms with Crippen LogP contribution in [0.3, 0.4) is 0 Å². The first-order valence-corrected chi connectivity index (χ1v) is 5.96. The minimum Gasteiger partial charge on any atom is -0.386 e. The molecule has 0 unspecified atom stereocenters. The van der Waals surface area contributed by atoms with Crippen LogP contribution in [0, 0.1) is 0 Å². The third-order valence-electron chi connectivity index (χ3n) is 3.23. The first kappa shape index (κ1) is 14.4. The molecule has 0 fully saturated rings. The van der Waals surface area contributed by atoms with Crippen molar-refractivity contribution in [2.24, 2.45) is 0 Å². The monoisotopic (exact) mass is 250 g/mol. The Morgan fingerprint density at radius 3 is 2.67 bits per heavy atom. The van der Waals surface area contributed by atoms with Crippen LogP contribution in [0.15, 0.2) is 18.5 Å². The third-order valence-corrected chi connectivity index (χ3v) is 3.23.